The SMILES string of the molecule is CCNCCCc1nnc(-c2cccc(C#N)c2)o1. The second kappa shape index (κ2) is 6.66. The number of rotatable bonds is 6. The van der Waals surface area contributed by atoms with Crippen LogP contribution >= 0.6 is 0 Å². The molecule has 0 spiro atoms. The lowest BCUT2D eigenvalue weighted by molar-refractivity contribution is 0.492. The lowest BCUT2D eigenvalue weighted by Crippen LogP contribution is -2.14. The molecule has 0 aliphatic heterocycles. The van der Waals surface area contributed by atoms with Gasteiger partial charge in [0.2, 0.25) is 11.8 Å². The van der Waals surface area contributed by atoms with E-state index in [-0.39, 0.29) is 0 Å². The molecule has 0 radical (unpaired) electrons. The van der Waals surface area contributed by atoms with E-state index >= 15 is 0 Å². The molecule has 5 nitrogen and oxygen atoms in total. The normalized spacial score (nSPS) is 10.3. The van der Waals surface area contributed by atoms with E-state index in [0.29, 0.717) is 17.3 Å². The van der Waals surface area contributed by atoms with E-state index in [1.807, 2.05) is 12.1 Å². The molecule has 0 bridgehead atoms. The van der Waals surface area contributed by atoms with Gasteiger partial charge in [0.1, 0.15) is 0 Å². The number of aromatic nitrogens is 2. The first kappa shape index (κ1) is 13.2. The van der Waals surface area contributed by atoms with Crippen LogP contribution in [0.4, 0.5) is 0 Å². The molecule has 2 rings (SSSR count). The Hall–Kier alpha value is -2.19. The van der Waals surface area contributed by atoms with Gasteiger partial charge in [-0.05, 0) is 37.7 Å². The molecule has 0 saturated carbocycles. The van der Waals surface area contributed by atoms with Gasteiger partial charge in [0.15, 0.2) is 0 Å². The van der Waals surface area contributed by atoms with Crippen molar-refractivity contribution in [3.05, 3.63) is 35.7 Å². The Bertz CT molecular complexity index is 571. The molecule has 2 aromatic rings. The maximum absolute atomic E-state index is 8.86. The average Bonchev–Trinajstić information content (AvgIpc) is 2.92. The van der Waals surface area contributed by atoms with E-state index in [4.69, 9.17) is 9.68 Å². The highest BCUT2D eigenvalue weighted by molar-refractivity contribution is 5.55. The van der Waals surface area contributed by atoms with Crippen molar-refractivity contribution in [3.8, 4) is 17.5 Å². The first-order chi connectivity index (χ1) is 9.33. The van der Waals surface area contributed by atoms with Gasteiger partial charge in [-0.2, -0.15) is 5.26 Å². The van der Waals surface area contributed by atoms with Gasteiger partial charge in [-0.25, -0.2) is 0 Å². The van der Waals surface area contributed by atoms with Crippen molar-refractivity contribution in [1.82, 2.24) is 15.5 Å². The molecule has 5 heteroatoms. The Morgan fingerprint density at radius 2 is 2.26 bits per heavy atom. The molecule has 0 atom stereocenters. The van der Waals surface area contributed by atoms with E-state index in [1.165, 1.54) is 0 Å². The summed E-state index contributed by atoms with van der Waals surface area (Å²) in [5, 5.41) is 20.1. The molecule has 1 aromatic carbocycles. The lowest BCUT2D eigenvalue weighted by atomic mass is 10.1. The molecule has 0 aliphatic rings. The van der Waals surface area contributed by atoms with Gasteiger partial charge in [-0.3, -0.25) is 0 Å². The fraction of sp³-hybridized carbons (Fsp3) is 0.357. The summed E-state index contributed by atoms with van der Waals surface area (Å²) in [6.07, 6.45) is 1.73. The highest BCUT2D eigenvalue weighted by atomic mass is 16.4. The summed E-state index contributed by atoms with van der Waals surface area (Å²) in [7, 11) is 0. The standard InChI is InChI=1S/C14H16N4O/c1-2-16-8-4-7-13-17-18-14(19-13)12-6-3-5-11(9-12)10-15/h3,5-6,9,16H,2,4,7-8H2,1H3. The Morgan fingerprint density at radius 3 is 3.05 bits per heavy atom. The van der Waals surface area contributed by atoms with Crippen LogP contribution in [0.25, 0.3) is 11.5 Å². The Balaban J connectivity index is 2.02. The highest BCUT2D eigenvalue weighted by Gasteiger charge is 2.08. The van der Waals surface area contributed by atoms with Gasteiger partial charge >= 0.3 is 0 Å². The van der Waals surface area contributed by atoms with E-state index in [2.05, 4.69) is 28.5 Å². The van der Waals surface area contributed by atoms with Crippen LogP contribution < -0.4 is 5.32 Å². The van der Waals surface area contributed by atoms with Crippen LogP contribution in [0.5, 0.6) is 0 Å². The van der Waals surface area contributed by atoms with Gasteiger partial charge < -0.3 is 9.73 Å². The molecular formula is C14H16N4O. The molecule has 1 N–H and O–H groups in total. The predicted octanol–water partition coefficient (Wildman–Crippen LogP) is 2.15. The lowest BCUT2D eigenvalue weighted by Gasteiger charge is -1.98. The number of nitrogens with one attached hydrogen (secondary N) is 1. The average molecular weight is 256 g/mol. The van der Waals surface area contributed by atoms with Crippen LogP contribution in [0, 0.1) is 11.3 Å². The van der Waals surface area contributed by atoms with E-state index in [0.717, 1.165) is 31.5 Å². The molecule has 0 unspecified atom stereocenters. The smallest absolute Gasteiger partial charge is 0.247 e. The molecule has 98 valence electrons. The molecule has 1 heterocycles. The Morgan fingerprint density at radius 1 is 1.37 bits per heavy atom. The van der Waals surface area contributed by atoms with Crippen molar-refractivity contribution >= 4 is 0 Å². The quantitative estimate of drug-likeness (QED) is 0.801. The zero-order valence-electron chi connectivity index (χ0n) is 10.9. The van der Waals surface area contributed by atoms with Crippen LogP contribution in [0.2, 0.25) is 0 Å². The minimum atomic E-state index is 0.468. The summed E-state index contributed by atoms with van der Waals surface area (Å²) in [5.74, 6) is 1.10. The predicted molar refractivity (Wildman–Crippen MR) is 71.3 cm³/mol. The molecule has 1 aromatic heterocycles. The number of aryl methyl sites for hydroxylation is 1. The van der Waals surface area contributed by atoms with Crippen molar-refractivity contribution in [2.75, 3.05) is 13.1 Å². The fourth-order valence-electron chi connectivity index (χ4n) is 1.73. The third-order valence-corrected chi connectivity index (χ3v) is 2.70. The summed E-state index contributed by atoms with van der Waals surface area (Å²) >= 11 is 0. The second-order valence-electron chi connectivity index (χ2n) is 4.15. The monoisotopic (exact) mass is 256 g/mol. The van der Waals surface area contributed by atoms with E-state index in [9.17, 15) is 0 Å². The molecule has 0 saturated heterocycles. The van der Waals surface area contributed by atoms with Crippen molar-refractivity contribution in [2.24, 2.45) is 0 Å². The van der Waals surface area contributed by atoms with Gasteiger partial charge in [0.25, 0.3) is 0 Å². The van der Waals surface area contributed by atoms with Crippen molar-refractivity contribution in [2.45, 2.75) is 19.8 Å². The van der Waals surface area contributed by atoms with Crippen LogP contribution in [-0.4, -0.2) is 23.3 Å². The van der Waals surface area contributed by atoms with Crippen molar-refractivity contribution < 1.29 is 4.42 Å². The third-order valence-electron chi connectivity index (χ3n) is 2.70. The topological polar surface area (TPSA) is 74.7 Å². The van der Waals surface area contributed by atoms with Gasteiger partial charge in [-0.1, -0.05) is 13.0 Å². The van der Waals surface area contributed by atoms with Crippen LogP contribution in [-0.2, 0) is 6.42 Å². The molecular weight excluding hydrogens is 240 g/mol. The highest BCUT2D eigenvalue weighted by Crippen LogP contribution is 2.19. The summed E-state index contributed by atoms with van der Waals surface area (Å²) in [4.78, 5) is 0. The number of hydrogen-bond donors (Lipinski definition) is 1. The molecule has 0 fully saturated rings. The Labute approximate surface area is 112 Å². The molecule has 19 heavy (non-hydrogen) atoms. The summed E-state index contributed by atoms with van der Waals surface area (Å²) in [6.45, 7) is 3.99. The number of benzene rings is 1. The number of hydrogen-bond acceptors (Lipinski definition) is 5. The van der Waals surface area contributed by atoms with E-state index < -0.39 is 0 Å². The van der Waals surface area contributed by atoms with Gasteiger partial charge in [0, 0.05) is 12.0 Å². The van der Waals surface area contributed by atoms with Crippen LogP contribution in [0.1, 0.15) is 24.8 Å². The molecule has 0 aliphatic carbocycles. The minimum Gasteiger partial charge on any atom is -0.421 e. The fourth-order valence-corrected chi connectivity index (χ4v) is 1.73. The van der Waals surface area contributed by atoms with Crippen LogP contribution in [0.15, 0.2) is 28.7 Å². The summed E-state index contributed by atoms with van der Waals surface area (Å²) in [6, 6.07) is 9.25. The number of nitriles is 1. The van der Waals surface area contributed by atoms with Gasteiger partial charge in [-0.15, -0.1) is 10.2 Å². The summed E-state index contributed by atoms with van der Waals surface area (Å²) < 4.78 is 5.59. The van der Waals surface area contributed by atoms with E-state index in [1.54, 1.807) is 12.1 Å². The molecule has 0 amide bonds. The number of nitrogens with zero attached hydrogens (tertiary/aromatic N) is 3. The second-order valence-corrected chi connectivity index (χ2v) is 4.15. The Kier molecular flexibility index (Phi) is 4.65. The minimum absolute atomic E-state index is 0.468. The maximum atomic E-state index is 8.86. The maximum Gasteiger partial charge on any atom is 0.247 e. The summed E-state index contributed by atoms with van der Waals surface area (Å²) in [5.41, 5.74) is 1.37. The van der Waals surface area contributed by atoms with Crippen LogP contribution in [0.3, 0.4) is 0 Å². The zero-order valence-corrected chi connectivity index (χ0v) is 10.9. The van der Waals surface area contributed by atoms with Gasteiger partial charge in [0.05, 0.1) is 11.6 Å². The zero-order chi connectivity index (χ0) is 13.5. The first-order valence-electron chi connectivity index (χ1n) is 6.37. The van der Waals surface area contributed by atoms with Crippen molar-refractivity contribution in [3.63, 3.8) is 0 Å². The van der Waals surface area contributed by atoms with Crippen molar-refractivity contribution in [1.29, 1.82) is 5.26 Å². The third kappa shape index (κ3) is 3.63. The first-order valence-corrected chi connectivity index (χ1v) is 6.37. The largest absolute Gasteiger partial charge is 0.421 e.